The first-order valence-electron chi connectivity index (χ1n) is 13.7. The van der Waals surface area contributed by atoms with Crippen LogP contribution in [0.5, 0.6) is 5.75 Å². The zero-order chi connectivity index (χ0) is 30.0. The minimum atomic E-state index is -4.15. The molecule has 41 heavy (non-hydrogen) atoms. The van der Waals surface area contributed by atoms with Gasteiger partial charge in [0.05, 0.1) is 17.2 Å². The first kappa shape index (κ1) is 32.1. The number of hydrogen-bond acceptors (Lipinski definition) is 5. The largest absolute Gasteiger partial charge is 0.494 e. The van der Waals surface area contributed by atoms with Crippen LogP contribution >= 0.6 is 15.9 Å². The number of halogens is 1. The van der Waals surface area contributed by atoms with Crippen LogP contribution in [0.3, 0.4) is 0 Å². The molecule has 0 heterocycles. The van der Waals surface area contributed by atoms with Gasteiger partial charge in [-0.1, -0.05) is 59.6 Å². The van der Waals surface area contributed by atoms with E-state index in [0.29, 0.717) is 31.0 Å². The van der Waals surface area contributed by atoms with Crippen LogP contribution < -0.4 is 14.4 Å². The van der Waals surface area contributed by atoms with Crippen LogP contribution in [0.25, 0.3) is 0 Å². The Balaban J connectivity index is 2.04. The number of aryl methyl sites for hydroxylation is 1. The quantitative estimate of drug-likeness (QED) is 0.244. The fraction of sp³-hybridized carbons (Fsp3) is 0.355. The monoisotopic (exact) mass is 643 g/mol. The van der Waals surface area contributed by atoms with Gasteiger partial charge < -0.3 is 15.0 Å². The van der Waals surface area contributed by atoms with Gasteiger partial charge in [-0.15, -0.1) is 0 Å². The van der Waals surface area contributed by atoms with Crippen molar-refractivity contribution in [3.63, 3.8) is 0 Å². The molecule has 0 spiro atoms. The van der Waals surface area contributed by atoms with Crippen molar-refractivity contribution in [1.29, 1.82) is 0 Å². The number of carbonyl (C=O) groups is 2. The summed E-state index contributed by atoms with van der Waals surface area (Å²) in [5.74, 6) is -0.167. The molecule has 3 aromatic carbocycles. The van der Waals surface area contributed by atoms with E-state index in [4.69, 9.17) is 4.74 Å². The number of nitrogens with zero attached hydrogens (tertiary/aromatic N) is 2. The van der Waals surface area contributed by atoms with Crippen molar-refractivity contribution in [2.24, 2.45) is 0 Å². The highest BCUT2D eigenvalue weighted by atomic mass is 79.9. The average Bonchev–Trinajstić information content (AvgIpc) is 2.96. The summed E-state index contributed by atoms with van der Waals surface area (Å²) in [6, 6.07) is 19.8. The molecule has 1 N–H and O–H groups in total. The van der Waals surface area contributed by atoms with Crippen LogP contribution in [-0.4, -0.2) is 50.9 Å². The maximum Gasteiger partial charge on any atom is 0.264 e. The first-order valence-corrected chi connectivity index (χ1v) is 16.0. The Bertz CT molecular complexity index is 1400. The summed E-state index contributed by atoms with van der Waals surface area (Å²) in [7, 11) is -4.15. The third-order valence-corrected chi connectivity index (χ3v) is 8.84. The highest BCUT2D eigenvalue weighted by Crippen LogP contribution is 2.27. The summed E-state index contributed by atoms with van der Waals surface area (Å²) in [4.78, 5) is 28.8. The summed E-state index contributed by atoms with van der Waals surface area (Å²) >= 11 is 3.35. The third-order valence-electron chi connectivity index (χ3n) is 6.52. The van der Waals surface area contributed by atoms with Gasteiger partial charge in [0.15, 0.2) is 0 Å². The van der Waals surface area contributed by atoms with Crippen molar-refractivity contribution in [3.8, 4) is 5.75 Å². The molecule has 3 aromatic rings. The Morgan fingerprint density at radius 3 is 2.12 bits per heavy atom. The highest BCUT2D eigenvalue weighted by molar-refractivity contribution is 9.10. The van der Waals surface area contributed by atoms with Gasteiger partial charge in [0.25, 0.3) is 10.0 Å². The minimum Gasteiger partial charge on any atom is -0.494 e. The Morgan fingerprint density at radius 1 is 0.927 bits per heavy atom. The van der Waals surface area contributed by atoms with Crippen molar-refractivity contribution in [2.45, 2.75) is 58.0 Å². The van der Waals surface area contributed by atoms with E-state index in [9.17, 15) is 18.0 Å². The molecular formula is C31H38BrN3O5S. The van der Waals surface area contributed by atoms with E-state index in [1.807, 2.05) is 52.0 Å². The molecule has 0 bridgehead atoms. The van der Waals surface area contributed by atoms with E-state index >= 15 is 0 Å². The molecule has 0 saturated heterocycles. The van der Waals surface area contributed by atoms with E-state index in [1.54, 1.807) is 36.4 Å². The standard InChI is InChI=1S/C31H38BrN3O5S/c1-5-20-33-31(37)29(6-2)34(21-24-10-8-23(4)9-11-24)30(36)22-35(26-14-16-27(17-15-26)40-7-3)41(38,39)28-18-12-25(32)13-19-28/h8-19,29H,5-7,20-22H2,1-4H3,(H,33,37)/t29-/m1/s1. The van der Waals surface area contributed by atoms with Crippen molar-refractivity contribution >= 4 is 43.5 Å². The van der Waals surface area contributed by atoms with Crippen LogP contribution in [0, 0.1) is 6.92 Å². The summed E-state index contributed by atoms with van der Waals surface area (Å²) in [6.45, 7) is 8.25. The number of nitrogens with one attached hydrogen (secondary N) is 1. The predicted octanol–water partition coefficient (Wildman–Crippen LogP) is 5.69. The normalized spacial score (nSPS) is 11.9. The second-order valence-electron chi connectivity index (χ2n) is 9.61. The fourth-order valence-corrected chi connectivity index (χ4v) is 5.99. The maximum absolute atomic E-state index is 14.1. The van der Waals surface area contributed by atoms with E-state index in [1.165, 1.54) is 17.0 Å². The minimum absolute atomic E-state index is 0.0419. The van der Waals surface area contributed by atoms with Crippen molar-refractivity contribution in [2.75, 3.05) is 24.0 Å². The molecule has 0 aliphatic rings. The number of hydrogen-bond donors (Lipinski definition) is 1. The molecular weight excluding hydrogens is 606 g/mol. The van der Waals surface area contributed by atoms with Gasteiger partial charge in [0, 0.05) is 17.6 Å². The second kappa shape index (κ2) is 15.0. The number of rotatable bonds is 14. The number of ether oxygens (including phenoxy) is 1. The number of sulfonamides is 1. The Kier molecular flexibility index (Phi) is 11.8. The molecule has 0 aliphatic carbocycles. The van der Waals surface area contributed by atoms with Crippen LogP contribution in [0.2, 0.25) is 0 Å². The lowest BCUT2D eigenvalue weighted by Gasteiger charge is -2.33. The fourth-order valence-electron chi connectivity index (χ4n) is 4.31. The zero-order valence-electron chi connectivity index (χ0n) is 24.0. The molecule has 3 rings (SSSR count). The molecule has 1 atom stereocenters. The SMILES string of the molecule is CCCNC(=O)[C@@H](CC)N(Cc1ccc(C)cc1)C(=O)CN(c1ccc(OCC)cc1)S(=O)(=O)c1ccc(Br)cc1. The summed E-state index contributed by atoms with van der Waals surface area (Å²) in [5, 5.41) is 2.90. The molecule has 2 amide bonds. The maximum atomic E-state index is 14.1. The van der Waals surface area contributed by atoms with Gasteiger partial charge in [-0.05, 0) is 80.8 Å². The van der Waals surface area contributed by atoms with Crippen LogP contribution in [-0.2, 0) is 26.2 Å². The lowest BCUT2D eigenvalue weighted by Crippen LogP contribution is -2.52. The number of benzene rings is 3. The zero-order valence-corrected chi connectivity index (χ0v) is 26.4. The molecule has 0 aliphatic heterocycles. The Hall–Kier alpha value is -3.37. The molecule has 0 fully saturated rings. The van der Waals surface area contributed by atoms with Crippen LogP contribution in [0.1, 0.15) is 44.7 Å². The van der Waals surface area contributed by atoms with Gasteiger partial charge in [0.1, 0.15) is 18.3 Å². The summed E-state index contributed by atoms with van der Waals surface area (Å²) in [6.07, 6.45) is 1.13. The predicted molar refractivity (Wildman–Crippen MR) is 165 cm³/mol. The van der Waals surface area contributed by atoms with Crippen molar-refractivity contribution in [3.05, 3.63) is 88.4 Å². The van der Waals surface area contributed by atoms with Crippen molar-refractivity contribution in [1.82, 2.24) is 10.2 Å². The molecule has 0 saturated carbocycles. The first-order chi connectivity index (χ1) is 19.6. The molecule has 220 valence electrons. The second-order valence-corrected chi connectivity index (χ2v) is 12.4. The summed E-state index contributed by atoms with van der Waals surface area (Å²) < 4.78 is 35.3. The molecule has 0 unspecified atom stereocenters. The average molecular weight is 645 g/mol. The van der Waals surface area contributed by atoms with E-state index in [-0.39, 0.29) is 17.3 Å². The highest BCUT2D eigenvalue weighted by Gasteiger charge is 2.33. The summed E-state index contributed by atoms with van der Waals surface area (Å²) in [5.41, 5.74) is 2.22. The van der Waals surface area contributed by atoms with Gasteiger partial charge in [0.2, 0.25) is 11.8 Å². The van der Waals surface area contributed by atoms with E-state index in [2.05, 4.69) is 21.2 Å². The van der Waals surface area contributed by atoms with Crippen LogP contribution in [0.4, 0.5) is 5.69 Å². The molecule has 0 aromatic heterocycles. The smallest absolute Gasteiger partial charge is 0.264 e. The lowest BCUT2D eigenvalue weighted by molar-refractivity contribution is -0.140. The molecule has 10 heteroatoms. The van der Waals surface area contributed by atoms with Gasteiger partial charge in [-0.3, -0.25) is 13.9 Å². The molecule has 0 radical (unpaired) electrons. The third kappa shape index (κ3) is 8.56. The van der Waals surface area contributed by atoms with Crippen molar-refractivity contribution < 1.29 is 22.7 Å². The Labute approximate surface area is 251 Å². The van der Waals surface area contributed by atoms with E-state index < -0.39 is 28.5 Å². The lowest BCUT2D eigenvalue weighted by atomic mass is 10.1. The molecule has 8 nitrogen and oxygen atoms in total. The topological polar surface area (TPSA) is 96.0 Å². The van der Waals surface area contributed by atoms with Gasteiger partial charge >= 0.3 is 0 Å². The van der Waals surface area contributed by atoms with E-state index in [0.717, 1.165) is 26.3 Å². The number of carbonyl (C=O) groups excluding carboxylic acids is 2. The van der Waals surface area contributed by atoms with Gasteiger partial charge in [-0.2, -0.15) is 0 Å². The number of anilines is 1. The Morgan fingerprint density at radius 2 is 1.56 bits per heavy atom. The van der Waals surface area contributed by atoms with Gasteiger partial charge in [-0.25, -0.2) is 8.42 Å². The number of amides is 2. The van der Waals surface area contributed by atoms with Crippen LogP contribution in [0.15, 0.2) is 82.2 Å².